The maximum absolute atomic E-state index is 13.7. The Labute approximate surface area is 224 Å². The molecule has 4 saturated carbocycles. The van der Waals surface area contributed by atoms with Crippen molar-refractivity contribution in [3.8, 4) is 5.75 Å². The zero-order valence-corrected chi connectivity index (χ0v) is 23.3. The first-order valence-electron chi connectivity index (χ1n) is 13.5. The molecule has 1 aliphatic heterocycles. The summed E-state index contributed by atoms with van der Waals surface area (Å²) < 4.78 is 51.4. The largest absolute Gasteiger partial charge is 0.476 e. The number of carbonyl (C=O) groups excluding carboxylic acids is 1. The van der Waals surface area contributed by atoms with Crippen LogP contribution in [0.1, 0.15) is 52.4 Å². The van der Waals surface area contributed by atoms with E-state index in [1.54, 1.807) is 13.8 Å². The first-order chi connectivity index (χ1) is 17.5. The number of rotatable bonds is 9. The highest BCUT2D eigenvalue weighted by molar-refractivity contribution is 7.92. The van der Waals surface area contributed by atoms with E-state index < -0.39 is 26.0 Å². The molecule has 1 amide bonds. The van der Waals surface area contributed by atoms with Crippen LogP contribution in [-0.2, 0) is 19.4 Å². The van der Waals surface area contributed by atoms with Crippen molar-refractivity contribution < 1.29 is 27.1 Å². The Bertz CT molecular complexity index is 1110. The fraction of sp³-hybridized carbons (Fsp3) is 0.741. The van der Waals surface area contributed by atoms with E-state index in [4.69, 9.17) is 21.1 Å². The highest BCUT2D eigenvalue weighted by atomic mass is 35.5. The molecule has 6 rings (SSSR count). The lowest BCUT2D eigenvalue weighted by atomic mass is 9.53. The van der Waals surface area contributed by atoms with E-state index in [2.05, 4.69) is 10.2 Å². The Morgan fingerprint density at radius 2 is 1.89 bits per heavy atom. The molecule has 206 valence electrons. The molecular formula is C27H38ClFN2O5S. The molecule has 1 heterocycles. The van der Waals surface area contributed by atoms with Gasteiger partial charge >= 0.3 is 0 Å². The summed E-state index contributed by atoms with van der Waals surface area (Å²) in [6, 6.07) is 3.76. The molecule has 0 aromatic heterocycles. The second-order valence-electron chi connectivity index (χ2n) is 12.0. The van der Waals surface area contributed by atoms with Crippen LogP contribution < -0.4 is 10.1 Å². The van der Waals surface area contributed by atoms with Crippen LogP contribution in [0.25, 0.3) is 0 Å². The zero-order valence-electron chi connectivity index (χ0n) is 21.7. The van der Waals surface area contributed by atoms with Gasteiger partial charge in [-0.15, -0.1) is 0 Å². The minimum absolute atomic E-state index is 0.0627. The molecule has 7 nitrogen and oxygen atoms in total. The molecule has 1 aromatic carbocycles. The van der Waals surface area contributed by atoms with Crippen molar-refractivity contribution in [2.75, 3.05) is 38.6 Å². The summed E-state index contributed by atoms with van der Waals surface area (Å²) in [6.07, 6.45) is 4.57. The minimum atomic E-state index is -3.25. The van der Waals surface area contributed by atoms with Crippen LogP contribution in [0.4, 0.5) is 4.39 Å². The summed E-state index contributed by atoms with van der Waals surface area (Å²) >= 11 is 6.11. The number of carbonyl (C=O) groups is 1. The lowest BCUT2D eigenvalue weighted by Crippen LogP contribution is -2.65. The quantitative estimate of drug-likeness (QED) is 0.497. The third-order valence-corrected chi connectivity index (χ3v) is 11.9. The SMILES string of the molecule is CC(C)(Oc1ccc(F)cc1Cl)C(=O)NC1C2CC3CC1CC(S(=O)(=O)CCCN1CCOCC1)(C3)C2. The molecule has 5 fully saturated rings. The van der Waals surface area contributed by atoms with E-state index in [1.807, 2.05) is 0 Å². The second-order valence-corrected chi connectivity index (χ2v) is 14.9. The lowest BCUT2D eigenvalue weighted by Gasteiger charge is -2.59. The van der Waals surface area contributed by atoms with Crippen LogP contribution in [-0.4, -0.2) is 74.2 Å². The predicted molar refractivity (Wildman–Crippen MR) is 140 cm³/mol. The molecule has 0 spiro atoms. The number of hydrogen-bond donors (Lipinski definition) is 1. The van der Waals surface area contributed by atoms with Crippen molar-refractivity contribution in [1.29, 1.82) is 0 Å². The molecule has 1 aromatic rings. The van der Waals surface area contributed by atoms with Gasteiger partial charge in [0, 0.05) is 19.1 Å². The number of hydrogen-bond acceptors (Lipinski definition) is 6. The number of benzene rings is 1. The van der Waals surface area contributed by atoms with Gasteiger partial charge in [-0.3, -0.25) is 9.69 Å². The minimum Gasteiger partial charge on any atom is -0.476 e. The summed E-state index contributed by atoms with van der Waals surface area (Å²) in [6.45, 7) is 7.29. The van der Waals surface area contributed by atoms with Gasteiger partial charge in [0.05, 0.1) is 28.7 Å². The average Bonchev–Trinajstić information content (AvgIpc) is 2.83. The molecule has 1 N–H and O–H groups in total. The number of halogens is 2. The average molecular weight is 557 g/mol. The lowest BCUT2D eigenvalue weighted by molar-refractivity contribution is -0.137. The summed E-state index contributed by atoms with van der Waals surface area (Å²) in [5.41, 5.74) is -1.22. The van der Waals surface area contributed by atoms with Gasteiger partial charge in [0.15, 0.2) is 15.4 Å². The molecule has 0 radical (unpaired) electrons. The summed E-state index contributed by atoms with van der Waals surface area (Å²) in [4.78, 5) is 15.6. The van der Waals surface area contributed by atoms with Gasteiger partial charge in [-0.2, -0.15) is 0 Å². The zero-order chi connectivity index (χ0) is 26.4. The number of ether oxygens (including phenoxy) is 2. The van der Waals surface area contributed by atoms with Crippen LogP contribution >= 0.6 is 11.6 Å². The first-order valence-corrected chi connectivity index (χ1v) is 15.5. The Hall–Kier alpha value is -1.42. The number of morpholine rings is 1. The van der Waals surface area contributed by atoms with Crippen molar-refractivity contribution >= 4 is 27.3 Å². The van der Waals surface area contributed by atoms with E-state index in [-0.39, 0.29) is 40.3 Å². The molecule has 5 aliphatic rings. The van der Waals surface area contributed by atoms with E-state index in [0.717, 1.165) is 45.0 Å². The molecule has 37 heavy (non-hydrogen) atoms. The van der Waals surface area contributed by atoms with Crippen LogP contribution in [0.5, 0.6) is 5.75 Å². The molecule has 2 atom stereocenters. The van der Waals surface area contributed by atoms with Gasteiger partial charge in [0.1, 0.15) is 11.6 Å². The Morgan fingerprint density at radius 1 is 1.22 bits per heavy atom. The Balaban J connectivity index is 1.22. The van der Waals surface area contributed by atoms with Gasteiger partial charge in [-0.1, -0.05) is 11.6 Å². The fourth-order valence-corrected chi connectivity index (χ4v) is 9.86. The highest BCUT2D eigenvalue weighted by Crippen LogP contribution is 2.59. The van der Waals surface area contributed by atoms with E-state index in [1.165, 1.54) is 12.1 Å². The highest BCUT2D eigenvalue weighted by Gasteiger charge is 2.60. The number of nitrogens with one attached hydrogen (secondary N) is 1. The standard InChI is InChI=1S/C27H38ClFN2O5S/c1-26(2,36-23-5-4-21(29)14-22(23)28)25(32)30-24-19-12-18-13-20(24)17-27(15-18,16-19)37(33,34)11-3-6-31-7-9-35-10-8-31/h4-5,14,18-20,24H,3,6-13,15-17H2,1-2H3,(H,30,32). The summed E-state index contributed by atoms with van der Waals surface area (Å²) in [5.74, 6) is 0.430. The smallest absolute Gasteiger partial charge is 0.263 e. The third kappa shape index (κ3) is 5.52. The van der Waals surface area contributed by atoms with Crippen LogP contribution in [0.15, 0.2) is 18.2 Å². The molecule has 4 aliphatic carbocycles. The Kier molecular flexibility index (Phi) is 7.55. The van der Waals surface area contributed by atoms with Gasteiger partial charge in [-0.05, 0) is 94.9 Å². The molecule has 4 bridgehead atoms. The van der Waals surface area contributed by atoms with Crippen LogP contribution in [0.2, 0.25) is 5.02 Å². The second kappa shape index (κ2) is 10.3. The van der Waals surface area contributed by atoms with Crippen molar-refractivity contribution in [3.63, 3.8) is 0 Å². The van der Waals surface area contributed by atoms with Gasteiger partial charge in [-0.25, -0.2) is 12.8 Å². The van der Waals surface area contributed by atoms with Crippen LogP contribution in [0.3, 0.4) is 0 Å². The number of nitrogens with zero attached hydrogens (tertiary/aromatic N) is 1. The topological polar surface area (TPSA) is 84.9 Å². The summed E-state index contributed by atoms with van der Waals surface area (Å²) in [7, 11) is -3.25. The van der Waals surface area contributed by atoms with Crippen LogP contribution in [0, 0.1) is 23.6 Å². The van der Waals surface area contributed by atoms with E-state index >= 15 is 0 Å². The molecule has 1 saturated heterocycles. The van der Waals surface area contributed by atoms with Gasteiger partial charge in [0.2, 0.25) is 0 Å². The maximum Gasteiger partial charge on any atom is 0.263 e. The fourth-order valence-electron chi connectivity index (χ4n) is 7.29. The van der Waals surface area contributed by atoms with Crippen molar-refractivity contribution in [2.24, 2.45) is 17.8 Å². The van der Waals surface area contributed by atoms with Crippen molar-refractivity contribution in [3.05, 3.63) is 29.0 Å². The maximum atomic E-state index is 13.7. The first kappa shape index (κ1) is 27.2. The van der Waals surface area contributed by atoms with Gasteiger partial charge < -0.3 is 14.8 Å². The summed E-state index contributed by atoms with van der Waals surface area (Å²) in [5, 5.41) is 3.32. The molecule has 10 heteroatoms. The van der Waals surface area contributed by atoms with Gasteiger partial charge in [0.25, 0.3) is 5.91 Å². The normalized spacial score (nSPS) is 31.9. The third-order valence-electron chi connectivity index (χ3n) is 8.97. The molecular weight excluding hydrogens is 519 g/mol. The molecule has 2 unspecified atom stereocenters. The van der Waals surface area contributed by atoms with E-state index in [9.17, 15) is 17.6 Å². The Morgan fingerprint density at radius 3 is 2.54 bits per heavy atom. The monoisotopic (exact) mass is 556 g/mol. The van der Waals surface area contributed by atoms with Crippen molar-refractivity contribution in [2.45, 2.75) is 68.8 Å². The number of sulfone groups is 1. The van der Waals surface area contributed by atoms with E-state index in [0.29, 0.717) is 38.4 Å². The number of amides is 1. The van der Waals surface area contributed by atoms with Crippen molar-refractivity contribution in [1.82, 2.24) is 10.2 Å². The predicted octanol–water partition coefficient (Wildman–Crippen LogP) is 3.84.